The van der Waals surface area contributed by atoms with Crippen LogP contribution in [-0.4, -0.2) is 29.1 Å². The summed E-state index contributed by atoms with van der Waals surface area (Å²) in [5, 5.41) is 13.1. The van der Waals surface area contributed by atoms with Crippen LogP contribution < -0.4 is 5.32 Å². The number of aliphatic hydroxyl groups excluding tert-OH is 1. The van der Waals surface area contributed by atoms with Crippen molar-refractivity contribution in [1.82, 2.24) is 10.3 Å². The third-order valence-corrected chi connectivity index (χ3v) is 4.88. The molecule has 126 valence electrons. The molecular weight excluding hydrogens is 295 g/mol. The minimum atomic E-state index is -0.296. The number of rotatable bonds is 8. The minimum Gasteiger partial charge on any atom is -0.396 e. The zero-order valence-corrected chi connectivity index (χ0v) is 13.8. The van der Waals surface area contributed by atoms with Gasteiger partial charge in [-0.25, -0.2) is 4.39 Å². The number of aromatic nitrogens is 1. The van der Waals surface area contributed by atoms with Crippen LogP contribution in [-0.2, 0) is 11.2 Å². The van der Waals surface area contributed by atoms with Crippen LogP contribution in [0.2, 0.25) is 0 Å². The van der Waals surface area contributed by atoms with Crippen molar-refractivity contribution in [2.45, 2.75) is 39.5 Å². The van der Waals surface area contributed by atoms with E-state index in [0.717, 1.165) is 23.8 Å². The van der Waals surface area contributed by atoms with E-state index in [2.05, 4.69) is 24.1 Å². The highest BCUT2D eigenvalue weighted by molar-refractivity contribution is 5.88. The largest absolute Gasteiger partial charge is 0.396 e. The lowest BCUT2D eigenvalue weighted by Gasteiger charge is -2.31. The number of carbonyl (C=O) groups excluding carboxylic acids is 1. The maximum atomic E-state index is 13.2. The van der Waals surface area contributed by atoms with Crippen LogP contribution in [0.25, 0.3) is 10.9 Å². The summed E-state index contributed by atoms with van der Waals surface area (Å²) in [6.07, 6.45) is 4.53. The highest BCUT2D eigenvalue weighted by Crippen LogP contribution is 2.29. The number of benzene rings is 1. The van der Waals surface area contributed by atoms with Gasteiger partial charge in [-0.05, 0) is 48.4 Å². The molecule has 0 aliphatic rings. The van der Waals surface area contributed by atoms with Gasteiger partial charge in [-0.2, -0.15) is 0 Å². The highest BCUT2D eigenvalue weighted by Gasteiger charge is 2.26. The fraction of sp³-hybridized carbons (Fsp3) is 0.500. The van der Waals surface area contributed by atoms with E-state index in [-0.39, 0.29) is 30.2 Å². The average Bonchev–Trinajstić information content (AvgIpc) is 2.93. The van der Waals surface area contributed by atoms with Crippen LogP contribution in [0.5, 0.6) is 0 Å². The Morgan fingerprint density at radius 2 is 2.09 bits per heavy atom. The molecule has 3 N–H and O–H groups in total. The van der Waals surface area contributed by atoms with E-state index in [0.29, 0.717) is 18.5 Å². The van der Waals surface area contributed by atoms with Crippen LogP contribution in [0, 0.1) is 11.2 Å². The first-order valence-corrected chi connectivity index (χ1v) is 8.16. The Hall–Kier alpha value is -1.88. The van der Waals surface area contributed by atoms with Crippen LogP contribution in [0.15, 0.2) is 24.4 Å². The summed E-state index contributed by atoms with van der Waals surface area (Å²) in [6.45, 7) is 4.86. The zero-order chi connectivity index (χ0) is 16.9. The van der Waals surface area contributed by atoms with Gasteiger partial charge in [0.05, 0.1) is 6.42 Å². The molecule has 0 atom stereocenters. The molecule has 0 saturated carbocycles. The number of hydrogen-bond donors (Lipinski definition) is 3. The van der Waals surface area contributed by atoms with E-state index < -0.39 is 0 Å². The maximum absolute atomic E-state index is 13.2. The molecule has 1 amide bonds. The Kier molecular flexibility index (Phi) is 5.77. The Morgan fingerprint density at radius 1 is 1.35 bits per heavy atom. The summed E-state index contributed by atoms with van der Waals surface area (Å²) in [4.78, 5) is 15.2. The topological polar surface area (TPSA) is 65.1 Å². The number of H-pyrrole nitrogens is 1. The van der Waals surface area contributed by atoms with Gasteiger partial charge in [0.2, 0.25) is 5.91 Å². The molecule has 0 saturated heterocycles. The number of halogens is 1. The van der Waals surface area contributed by atoms with E-state index in [1.165, 1.54) is 12.1 Å². The maximum Gasteiger partial charge on any atom is 0.224 e. The van der Waals surface area contributed by atoms with Crippen LogP contribution in [0.1, 0.15) is 38.7 Å². The summed E-state index contributed by atoms with van der Waals surface area (Å²) in [6, 6.07) is 4.52. The second-order valence-electron chi connectivity index (χ2n) is 6.14. The summed E-state index contributed by atoms with van der Waals surface area (Å²) >= 11 is 0. The SMILES string of the molecule is CCC(CC)(CCO)CNC(=O)Cc1c[nH]c2cc(F)ccc12. The third kappa shape index (κ3) is 4.10. The number of fused-ring (bicyclic) bond motifs is 1. The average molecular weight is 320 g/mol. The quantitative estimate of drug-likeness (QED) is 0.699. The van der Waals surface area contributed by atoms with E-state index in [4.69, 9.17) is 0 Å². The Morgan fingerprint density at radius 3 is 2.74 bits per heavy atom. The van der Waals surface area contributed by atoms with Crippen LogP contribution in [0.4, 0.5) is 4.39 Å². The molecule has 0 radical (unpaired) electrons. The van der Waals surface area contributed by atoms with Gasteiger partial charge in [-0.3, -0.25) is 4.79 Å². The molecular formula is C18H25FN2O2. The lowest BCUT2D eigenvalue weighted by atomic mass is 9.79. The molecule has 23 heavy (non-hydrogen) atoms. The van der Waals surface area contributed by atoms with Gasteiger partial charge in [-0.15, -0.1) is 0 Å². The molecule has 0 fully saturated rings. The van der Waals surface area contributed by atoms with Gasteiger partial charge in [0.1, 0.15) is 5.82 Å². The second-order valence-corrected chi connectivity index (χ2v) is 6.14. The smallest absolute Gasteiger partial charge is 0.224 e. The van der Waals surface area contributed by atoms with Gasteiger partial charge in [0.25, 0.3) is 0 Å². The van der Waals surface area contributed by atoms with Gasteiger partial charge < -0.3 is 15.4 Å². The lowest BCUT2D eigenvalue weighted by molar-refractivity contribution is -0.121. The number of carbonyl (C=O) groups is 1. The number of hydrogen-bond acceptors (Lipinski definition) is 2. The fourth-order valence-electron chi connectivity index (χ4n) is 3.01. The van der Waals surface area contributed by atoms with E-state index in [9.17, 15) is 14.3 Å². The monoisotopic (exact) mass is 320 g/mol. The predicted molar refractivity (Wildman–Crippen MR) is 89.7 cm³/mol. The molecule has 4 nitrogen and oxygen atoms in total. The first kappa shape index (κ1) is 17.5. The number of nitrogens with one attached hydrogen (secondary N) is 2. The summed E-state index contributed by atoms with van der Waals surface area (Å²) in [5.74, 6) is -0.352. The molecule has 2 aromatic rings. The molecule has 1 aromatic heterocycles. The number of aromatic amines is 1. The van der Waals surface area contributed by atoms with Crippen molar-refractivity contribution >= 4 is 16.8 Å². The summed E-state index contributed by atoms with van der Waals surface area (Å²) in [7, 11) is 0. The van der Waals surface area contributed by atoms with Crippen molar-refractivity contribution in [2.75, 3.05) is 13.2 Å². The summed E-state index contributed by atoms with van der Waals surface area (Å²) < 4.78 is 13.2. The van der Waals surface area contributed by atoms with Gasteiger partial charge >= 0.3 is 0 Å². The Balaban J connectivity index is 2.01. The summed E-state index contributed by atoms with van der Waals surface area (Å²) in [5.41, 5.74) is 1.51. The normalized spacial score (nSPS) is 11.8. The standard InChI is InChI=1S/C18H25FN2O2/c1-3-18(4-2,7-8-22)12-21-17(23)9-13-11-20-16-10-14(19)5-6-15(13)16/h5-6,10-11,20,22H,3-4,7-9,12H2,1-2H3,(H,21,23). The first-order chi connectivity index (χ1) is 11.0. The predicted octanol–water partition coefficient (Wildman–Crippen LogP) is 3.15. The van der Waals surface area contributed by atoms with Crippen LogP contribution >= 0.6 is 0 Å². The Labute approximate surface area is 136 Å². The molecule has 0 bridgehead atoms. The second kappa shape index (κ2) is 7.59. The molecule has 0 spiro atoms. The van der Waals surface area contributed by atoms with Gasteiger partial charge in [0, 0.05) is 30.3 Å². The van der Waals surface area contributed by atoms with Crippen LogP contribution in [0.3, 0.4) is 0 Å². The molecule has 5 heteroatoms. The number of aliphatic hydroxyl groups is 1. The van der Waals surface area contributed by atoms with Gasteiger partial charge in [-0.1, -0.05) is 13.8 Å². The molecule has 0 unspecified atom stereocenters. The molecule has 2 rings (SSSR count). The zero-order valence-electron chi connectivity index (χ0n) is 13.8. The Bertz CT molecular complexity index is 662. The van der Waals surface area contributed by atoms with Crippen molar-refractivity contribution in [3.63, 3.8) is 0 Å². The van der Waals surface area contributed by atoms with E-state index >= 15 is 0 Å². The van der Waals surface area contributed by atoms with Crippen molar-refractivity contribution in [3.05, 3.63) is 35.8 Å². The van der Waals surface area contributed by atoms with E-state index in [1.54, 1.807) is 12.3 Å². The molecule has 0 aliphatic carbocycles. The lowest BCUT2D eigenvalue weighted by Crippen LogP contribution is -2.38. The van der Waals surface area contributed by atoms with E-state index in [1.807, 2.05) is 0 Å². The van der Waals surface area contributed by atoms with Crippen molar-refractivity contribution < 1.29 is 14.3 Å². The molecule has 1 heterocycles. The number of amides is 1. The van der Waals surface area contributed by atoms with Crippen molar-refractivity contribution in [3.8, 4) is 0 Å². The highest BCUT2D eigenvalue weighted by atomic mass is 19.1. The fourth-order valence-corrected chi connectivity index (χ4v) is 3.01. The van der Waals surface area contributed by atoms with Crippen molar-refractivity contribution in [1.29, 1.82) is 0 Å². The first-order valence-electron chi connectivity index (χ1n) is 8.16. The molecule has 1 aromatic carbocycles. The minimum absolute atomic E-state index is 0.0479. The van der Waals surface area contributed by atoms with Crippen molar-refractivity contribution in [2.24, 2.45) is 5.41 Å². The third-order valence-electron chi connectivity index (χ3n) is 4.88. The molecule has 0 aliphatic heterocycles. The van der Waals surface area contributed by atoms with Gasteiger partial charge in [0.15, 0.2) is 0 Å².